The Morgan fingerprint density at radius 3 is 2.06 bits per heavy atom. The number of benzene rings is 1. The molecule has 3 rings (SSSR count). The zero-order chi connectivity index (χ0) is 22.4. The van der Waals surface area contributed by atoms with Gasteiger partial charge in [0.1, 0.15) is 5.82 Å². The molecule has 2 saturated heterocycles. The van der Waals surface area contributed by atoms with Gasteiger partial charge in [0.25, 0.3) is 0 Å². The zero-order valence-corrected chi connectivity index (χ0v) is 19.1. The van der Waals surface area contributed by atoms with Crippen LogP contribution in [-0.2, 0) is 9.59 Å². The average molecular weight is 434 g/mol. The van der Waals surface area contributed by atoms with E-state index < -0.39 is 0 Å². The Morgan fingerprint density at radius 1 is 0.935 bits per heavy atom. The van der Waals surface area contributed by atoms with E-state index in [4.69, 9.17) is 0 Å². The van der Waals surface area contributed by atoms with E-state index in [1.807, 2.05) is 30.6 Å². The van der Waals surface area contributed by atoms with Crippen LogP contribution in [0.4, 0.5) is 10.1 Å². The van der Waals surface area contributed by atoms with Gasteiger partial charge in [-0.3, -0.25) is 19.4 Å². The van der Waals surface area contributed by atoms with E-state index in [0.717, 1.165) is 58.0 Å². The Bertz CT molecular complexity index is 724. The van der Waals surface area contributed by atoms with Crippen molar-refractivity contribution in [3.63, 3.8) is 0 Å². The lowest BCUT2D eigenvalue weighted by Crippen LogP contribution is -2.58. The predicted octanol–water partition coefficient (Wildman–Crippen LogP) is 1.35. The summed E-state index contributed by atoms with van der Waals surface area (Å²) in [6.45, 7) is 14.0. The van der Waals surface area contributed by atoms with Crippen molar-refractivity contribution in [2.45, 2.75) is 26.8 Å². The maximum Gasteiger partial charge on any atom is 0.239 e. The number of carbonyl (C=O) groups is 2. The first-order valence-electron chi connectivity index (χ1n) is 11.5. The van der Waals surface area contributed by atoms with Gasteiger partial charge in [-0.05, 0) is 45.0 Å². The molecule has 0 aliphatic carbocycles. The first kappa shape index (κ1) is 23.5. The van der Waals surface area contributed by atoms with Crippen LogP contribution in [0.2, 0.25) is 0 Å². The van der Waals surface area contributed by atoms with Crippen LogP contribution < -0.4 is 4.90 Å². The molecular weight excluding hydrogens is 397 g/mol. The van der Waals surface area contributed by atoms with Gasteiger partial charge in [0.15, 0.2) is 0 Å². The molecule has 0 spiro atoms. The number of hydrogen-bond donors (Lipinski definition) is 0. The fourth-order valence-corrected chi connectivity index (χ4v) is 4.43. The minimum absolute atomic E-state index is 0.155. The highest BCUT2D eigenvalue weighted by Crippen LogP contribution is 2.18. The largest absolute Gasteiger partial charge is 0.368 e. The predicted molar refractivity (Wildman–Crippen MR) is 121 cm³/mol. The first-order valence-corrected chi connectivity index (χ1v) is 11.5. The summed E-state index contributed by atoms with van der Waals surface area (Å²) in [4.78, 5) is 35.8. The van der Waals surface area contributed by atoms with Crippen LogP contribution >= 0.6 is 0 Å². The number of hydrogen-bond acceptors (Lipinski definition) is 5. The summed E-state index contributed by atoms with van der Waals surface area (Å²) >= 11 is 0. The van der Waals surface area contributed by atoms with Gasteiger partial charge in [-0.25, -0.2) is 4.39 Å². The second kappa shape index (κ2) is 10.9. The second-order valence-electron chi connectivity index (χ2n) is 8.34. The quantitative estimate of drug-likeness (QED) is 0.650. The van der Waals surface area contributed by atoms with Crippen molar-refractivity contribution >= 4 is 17.5 Å². The number of carbonyl (C=O) groups excluding carboxylic acids is 2. The number of anilines is 1. The highest BCUT2D eigenvalue weighted by molar-refractivity contribution is 5.82. The van der Waals surface area contributed by atoms with Crippen LogP contribution in [0.1, 0.15) is 20.8 Å². The van der Waals surface area contributed by atoms with Crippen molar-refractivity contribution in [2.24, 2.45) is 0 Å². The van der Waals surface area contributed by atoms with Gasteiger partial charge in [-0.1, -0.05) is 0 Å². The number of rotatable bonds is 7. The molecule has 0 N–H and O–H groups in total. The summed E-state index contributed by atoms with van der Waals surface area (Å²) in [7, 11) is 0. The minimum atomic E-state index is -0.232. The molecule has 0 radical (unpaired) electrons. The van der Waals surface area contributed by atoms with Gasteiger partial charge in [0.05, 0.1) is 12.6 Å². The molecule has 1 unspecified atom stereocenters. The van der Waals surface area contributed by atoms with E-state index in [1.54, 1.807) is 12.1 Å². The third kappa shape index (κ3) is 5.95. The molecule has 0 saturated carbocycles. The topological polar surface area (TPSA) is 50.3 Å². The fourth-order valence-electron chi connectivity index (χ4n) is 4.43. The molecule has 31 heavy (non-hydrogen) atoms. The molecule has 0 aromatic heterocycles. The molecule has 1 aromatic carbocycles. The van der Waals surface area contributed by atoms with Gasteiger partial charge in [0, 0.05) is 71.1 Å². The third-order valence-electron chi connectivity index (χ3n) is 6.57. The van der Waals surface area contributed by atoms with E-state index in [1.165, 1.54) is 12.1 Å². The van der Waals surface area contributed by atoms with E-state index in [0.29, 0.717) is 19.6 Å². The maximum absolute atomic E-state index is 13.1. The molecule has 0 bridgehead atoms. The number of piperazine rings is 2. The lowest BCUT2D eigenvalue weighted by Gasteiger charge is -2.41. The summed E-state index contributed by atoms with van der Waals surface area (Å²) in [5.74, 6) is 0.122. The Kier molecular flexibility index (Phi) is 8.26. The van der Waals surface area contributed by atoms with Crippen molar-refractivity contribution in [2.75, 3.05) is 76.9 Å². The number of halogens is 1. The van der Waals surface area contributed by atoms with Crippen molar-refractivity contribution in [1.82, 2.24) is 19.6 Å². The van der Waals surface area contributed by atoms with Crippen LogP contribution in [0.25, 0.3) is 0 Å². The lowest BCUT2D eigenvalue weighted by molar-refractivity contribution is -0.138. The van der Waals surface area contributed by atoms with Gasteiger partial charge < -0.3 is 14.7 Å². The number of likely N-dealkylation sites (N-methyl/N-ethyl adjacent to an activating group) is 1. The SMILES string of the molecule is CCN(CC)C(=O)CN1CCN(C(C)C(=O)N2CCN(c3ccc(F)cc3)CC2)CC1. The molecule has 1 aromatic rings. The van der Waals surface area contributed by atoms with Crippen LogP contribution in [0.5, 0.6) is 0 Å². The van der Waals surface area contributed by atoms with Crippen LogP contribution in [0.3, 0.4) is 0 Å². The summed E-state index contributed by atoms with van der Waals surface area (Å²) in [5.41, 5.74) is 0.997. The third-order valence-corrected chi connectivity index (χ3v) is 6.57. The molecule has 2 fully saturated rings. The highest BCUT2D eigenvalue weighted by Gasteiger charge is 2.31. The van der Waals surface area contributed by atoms with Crippen molar-refractivity contribution in [1.29, 1.82) is 0 Å². The summed E-state index contributed by atoms with van der Waals surface area (Å²) in [6, 6.07) is 6.38. The van der Waals surface area contributed by atoms with Crippen molar-refractivity contribution in [3.05, 3.63) is 30.1 Å². The maximum atomic E-state index is 13.1. The van der Waals surface area contributed by atoms with E-state index in [2.05, 4.69) is 14.7 Å². The summed E-state index contributed by atoms with van der Waals surface area (Å²) < 4.78 is 13.1. The second-order valence-corrected chi connectivity index (χ2v) is 8.34. The van der Waals surface area contributed by atoms with E-state index in [9.17, 15) is 14.0 Å². The van der Waals surface area contributed by atoms with Crippen LogP contribution in [-0.4, -0.2) is 109 Å². The zero-order valence-electron chi connectivity index (χ0n) is 19.1. The summed E-state index contributed by atoms with van der Waals surface area (Å²) in [5, 5.41) is 0. The Morgan fingerprint density at radius 2 is 1.52 bits per heavy atom. The molecule has 1 atom stereocenters. The molecule has 172 valence electrons. The molecule has 2 amide bonds. The molecule has 2 aliphatic rings. The van der Waals surface area contributed by atoms with E-state index in [-0.39, 0.29) is 23.7 Å². The highest BCUT2D eigenvalue weighted by atomic mass is 19.1. The normalized spacial score (nSPS) is 19.4. The fraction of sp³-hybridized carbons (Fsp3) is 0.652. The van der Waals surface area contributed by atoms with Crippen LogP contribution in [0, 0.1) is 5.82 Å². The first-order chi connectivity index (χ1) is 14.9. The molecule has 7 nitrogen and oxygen atoms in total. The van der Waals surface area contributed by atoms with Crippen molar-refractivity contribution in [3.8, 4) is 0 Å². The number of amides is 2. The van der Waals surface area contributed by atoms with Gasteiger partial charge in [-0.2, -0.15) is 0 Å². The molecular formula is C23H36FN5O2. The molecule has 2 aliphatic heterocycles. The van der Waals surface area contributed by atoms with Gasteiger partial charge >= 0.3 is 0 Å². The Labute approximate surface area is 185 Å². The van der Waals surface area contributed by atoms with Gasteiger partial charge in [-0.15, -0.1) is 0 Å². The van der Waals surface area contributed by atoms with Crippen LogP contribution in [0.15, 0.2) is 24.3 Å². The molecule has 8 heteroatoms. The van der Waals surface area contributed by atoms with Gasteiger partial charge in [0.2, 0.25) is 11.8 Å². The summed E-state index contributed by atoms with van der Waals surface area (Å²) in [6.07, 6.45) is 0. The number of nitrogens with zero attached hydrogens (tertiary/aromatic N) is 5. The standard InChI is InChI=1S/C23H36FN5O2/c1-4-26(5-2)22(30)18-25-10-12-27(13-11-25)19(3)23(31)29-16-14-28(15-17-29)21-8-6-20(24)7-9-21/h6-9,19H,4-5,10-18H2,1-3H3. The molecule has 2 heterocycles. The Hall–Kier alpha value is -2.19. The smallest absolute Gasteiger partial charge is 0.239 e. The van der Waals surface area contributed by atoms with E-state index >= 15 is 0 Å². The Balaban J connectivity index is 1.44. The average Bonchev–Trinajstić information content (AvgIpc) is 2.80. The monoisotopic (exact) mass is 433 g/mol. The minimum Gasteiger partial charge on any atom is -0.368 e. The lowest BCUT2D eigenvalue weighted by atomic mass is 10.1. The van der Waals surface area contributed by atoms with Crippen molar-refractivity contribution < 1.29 is 14.0 Å².